The van der Waals surface area contributed by atoms with Crippen LogP contribution in [-0.2, 0) is 6.54 Å². The van der Waals surface area contributed by atoms with Gasteiger partial charge in [0.25, 0.3) is 5.56 Å². The fourth-order valence-electron chi connectivity index (χ4n) is 2.65. The summed E-state index contributed by atoms with van der Waals surface area (Å²) in [6.45, 7) is 1.12. The fourth-order valence-corrected chi connectivity index (χ4v) is 2.65. The van der Waals surface area contributed by atoms with Gasteiger partial charge in [0.05, 0.1) is 0 Å². The number of aromatic nitrogens is 1. The van der Waals surface area contributed by atoms with E-state index in [4.69, 9.17) is 5.73 Å². The molecule has 0 aliphatic carbocycles. The van der Waals surface area contributed by atoms with Crippen molar-refractivity contribution in [1.29, 1.82) is 0 Å². The first-order valence-corrected chi connectivity index (χ1v) is 7.13. The maximum Gasteiger partial charge on any atom is 0.258 e. The van der Waals surface area contributed by atoms with E-state index in [-0.39, 0.29) is 11.5 Å². The molecule has 0 amide bonds. The van der Waals surface area contributed by atoms with E-state index in [9.17, 15) is 4.79 Å². The number of fused-ring (bicyclic) bond motifs is 1. The molecule has 0 aliphatic rings. The maximum absolute atomic E-state index is 12.5. The van der Waals surface area contributed by atoms with E-state index in [0.717, 1.165) is 10.8 Å². The van der Waals surface area contributed by atoms with Crippen molar-refractivity contribution in [3.8, 4) is 0 Å². The van der Waals surface area contributed by atoms with E-state index in [0.29, 0.717) is 13.1 Å². The maximum atomic E-state index is 12.5. The van der Waals surface area contributed by atoms with Gasteiger partial charge in [0.1, 0.15) is 0 Å². The summed E-state index contributed by atoms with van der Waals surface area (Å²) in [5.74, 6) is 0.144. The summed E-state index contributed by atoms with van der Waals surface area (Å²) in [5.41, 5.74) is 7.11. The topological polar surface area (TPSA) is 48.0 Å². The SMILES string of the molecule is NCC(Cn1ccc2ccccc2c1=O)c1ccccc1. The van der Waals surface area contributed by atoms with Crippen molar-refractivity contribution in [3.05, 3.63) is 82.8 Å². The van der Waals surface area contributed by atoms with Gasteiger partial charge >= 0.3 is 0 Å². The Labute approximate surface area is 123 Å². The first kappa shape index (κ1) is 13.6. The molecule has 3 heteroatoms. The van der Waals surface area contributed by atoms with Gasteiger partial charge in [-0.05, 0) is 23.1 Å². The fraction of sp³-hybridized carbons (Fsp3) is 0.167. The molecule has 21 heavy (non-hydrogen) atoms. The van der Waals surface area contributed by atoms with Crippen LogP contribution in [0.1, 0.15) is 11.5 Å². The molecule has 3 rings (SSSR count). The predicted octanol–water partition coefficient (Wildman–Crippen LogP) is 2.74. The molecule has 1 unspecified atom stereocenters. The second kappa shape index (κ2) is 5.94. The smallest absolute Gasteiger partial charge is 0.258 e. The van der Waals surface area contributed by atoms with Crippen LogP contribution in [0.2, 0.25) is 0 Å². The number of rotatable bonds is 4. The Balaban J connectivity index is 1.97. The molecule has 0 radical (unpaired) electrons. The summed E-state index contributed by atoms with van der Waals surface area (Å²) in [4.78, 5) is 12.5. The standard InChI is InChI=1S/C18H18N2O/c19-12-16(14-6-2-1-3-7-14)13-20-11-10-15-8-4-5-9-17(15)18(20)21/h1-11,16H,12-13,19H2. The zero-order valence-corrected chi connectivity index (χ0v) is 11.8. The number of pyridine rings is 1. The highest BCUT2D eigenvalue weighted by Crippen LogP contribution is 2.16. The highest BCUT2D eigenvalue weighted by Gasteiger charge is 2.11. The van der Waals surface area contributed by atoms with E-state index < -0.39 is 0 Å². The van der Waals surface area contributed by atoms with Crippen LogP contribution in [-0.4, -0.2) is 11.1 Å². The normalized spacial score (nSPS) is 12.4. The summed E-state index contributed by atoms with van der Waals surface area (Å²) in [5, 5.41) is 1.73. The molecule has 0 aliphatic heterocycles. The molecule has 0 saturated heterocycles. The minimum Gasteiger partial charge on any atom is -0.330 e. The minimum absolute atomic E-state index is 0.0440. The lowest BCUT2D eigenvalue weighted by Crippen LogP contribution is -2.26. The minimum atomic E-state index is 0.0440. The zero-order valence-electron chi connectivity index (χ0n) is 11.8. The van der Waals surface area contributed by atoms with Gasteiger partial charge in [-0.1, -0.05) is 48.5 Å². The summed E-state index contributed by atoms with van der Waals surface area (Å²) in [7, 11) is 0. The van der Waals surface area contributed by atoms with Crippen molar-refractivity contribution in [2.45, 2.75) is 12.5 Å². The molecule has 3 aromatic rings. The van der Waals surface area contributed by atoms with E-state index in [1.165, 1.54) is 5.56 Å². The lowest BCUT2D eigenvalue weighted by atomic mass is 9.99. The van der Waals surface area contributed by atoms with E-state index in [1.807, 2.05) is 54.7 Å². The molecule has 1 atom stereocenters. The Morgan fingerprint density at radius 2 is 1.67 bits per heavy atom. The molecule has 1 aromatic heterocycles. The average Bonchev–Trinajstić information content (AvgIpc) is 2.55. The molecule has 2 aromatic carbocycles. The summed E-state index contributed by atoms with van der Waals surface area (Å²) >= 11 is 0. The Bertz CT molecular complexity index is 793. The van der Waals surface area contributed by atoms with Crippen LogP contribution in [0, 0.1) is 0 Å². The quantitative estimate of drug-likeness (QED) is 0.797. The van der Waals surface area contributed by atoms with E-state index in [1.54, 1.807) is 4.57 Å². The lowest BCUT2D eigenvalue weighted by molar-refractivity contribution is 0.555. The Hall–Kier alpha value is -2.39. The van der Waals surface area contributed by atoms with Crippen molar-refractivity contribution >= 4 is 10.8 Å². The first-order valence-electron chi connectivity index (χ1n) is 7.13. The van der Waals surface area contributed by atoms with E-state index >= 15 is 0 Å². The third-order valence-electron chi connectivity index (χ3n) is 3.86. The van der Waals surface area contributed by atoms with E-state index in [2.05, 4.69) is 12.1 Å². The van der Waals surface area contributed by atoms with Crippen LogP contribution >= 0.6 is 0 Å². The van der Waals surface area contributed by atoms with Crippen LogP contribution in [0.5, 0.6) is 0 Å². The van der Waals surface area contributed by atoms with Crippen LogP contribution in [0.15, 0.2) is 71.7 Å². The van der Waals surface area contributed by atoms with Gasteiger partial charge in [-0.25, -0.2) is 0 Å². The molecule has 0 bridgehead atoms. The van der Waals surface area contributed by atoms with Gasteiger partial charge in [-0.15, -0.1) is 0 Å². The number of benzene rings is 2. The summed E-state index contributed by atoms with van der Waals surface area (Å²) in [6, 6.07) is 19.8. The Morgan fingerprint density at radius 1 is 0.952 bits per heavy atom. The van der Waals surface area contributed by atoms with Crippen molar-refractivity contribution in [3.63, 3.8) is 0 Å². The van der Waals surface area contributed by atoms with Gasteiger partial charge in [-0.3, -0.25) is 4.79 Å². The molecule has 0 fully saturated rings. The van der Waals surface area contributed by atoms with Gasteiger partial charge in [0, 0.05) is 30.6 Å². The molecule has 3 nitrogen and oxygen atoms in total. The van der Waals surface area contributed by atoms with Crippen LogP contribution < -0.4 is 11.3 Å². The van der Waals surface area contributed by atoms with Gasteiger partial charge in [-0.2, -0.15) is 0 Å². The third-order valence-corrected chi connectivity index (χ3v) is 3.86. The molecular weight excluding hydrogens is 260 g/mol. The predicted molar refractivity (Wildman–Crippen MR) is 86.4 cm³/mol. The van der Waals surface area contributed by atoms with Crippen molar-refractivity contribution in [2.24, 2.45) is 5.73 Å². The highest BCUT2D eigenvalue weighted by atomic mass is 16.1. The molecule has 106 valence electrons. The summed E-state index contributed by atoms with van der Waals surface area (Å²) in [6.07, 6.45) is 1.86. The van der Waals surface area contributed by atoms with Crippen LogP contribution in [0.3, 0.4) is 0 Å². The van der Waals surface area contributed by atoms with Crippen molar-refractivity contribution in [1.82, 2.24) is 4.57 Å². The zero-order chi connectivity index (χ0) is 14.7. The van der Waals surface area contributed by atoms with Gasteiger partial charge in [0.15, 0.2) is 0 Å². The second-order valence-electron chi connectivity index (χ2n) is 5.20. The lowest BCUT2D eigenvalue weighted by Gasteiger charge is -2.17. The number of hydrogen-bond acceptors (Lipinski definition) is 2. The third kappa shape index (κ3) is 2.73. The van der Waals surface area contributed by atoms with Gasteiger partial charge in [0.2, 0.25) is 0 Å². The highest BCUT2D eigenvalue weighted by molar-refractivity contribution is 5.81. The van der Waals surface area contributed by atoms with Crippen molar-refractivity contribution < 1.29 is 0 Å². The molecule has 2 N–H and O–H groups in total. The first-order chi connectivity index (χ1) is 10.3. The second-order valence-corrected chi connectivity index (χ2v) is 5.20. The monoisotopic (exact) mass is 278 g/mol. The Kier molecular flexibility index (Phi) is 3.84. The summed E-state index contributed by atoms with van der Waals surface area (Å²) < 4.78 is 1.76. The average molecular weight is 278 g/mol. The number of hydrogen-bond donors (Lipinski definition) is 1. The molecule has 0 spiro atoms. The molecule has 1 heterocycles. The Morgan fingerprint density at radius 3 is 2.43 bits per heavy atom. The van der Waals surface area contributed by atoms with Crippen molar-refractivity contribution in [2.75, 3.05) is 6.54 Å². The van der Waals surface area contributed by atoms with Crippen LogP contribution in [0.25, 0.3) is 10.8 Å². The van der Waals surface area contributed by atoms with Gasteiger partial charge < -0.3 is 10.3 Å². The number of nitrogens with two attached hydrogens (primary N) is 1. The largest absolute Gasteiger partial charge is 0.330 e. The van der Waals surface area contributed by atoms with Crippen LogP contribution in [0.4, 0.5) is 0 Å². The molecular formula is C18H18N2O. The molecule has 0 saturated carbocycles. The number of nitrogens with zero attached hydrogens (tertiary/aromatic N) is 1.